The lowest BCUT2D eigenvalue weighted by atomic mass is 10.1. The Morgan fingerprint density at radius 1 is 1.00 bits per heavy atom. The fourth-order valence-corrected chi connectivity index (χ4v) is 4.42. The maximum atomic E-state index is 5.43. The number of hydrogen-bond donors (Lipinski definition) is 1. The number of aryl methyl sites for hydroxylation is 1. The number of ether oxygens (including phenoxy) is 2. The summed E-state index contributed by atoms with van der Waals surface area (Å²) >= 11 is 1.65. The van der Waals surface area contributed by atoms with Gasteiger partial charge in [0.15, 0.2) is 17.3 Å². The van der Waals surface area contributed by atoms with Gasteiger partial charge in [-0.2, -0.15) is 5.10 Å². The second kappa shape index (κ2) is 9.14. The van der Waals surface area contributed by atoms with E-state index < -0.39 is 0 Å². The molecule has 0 spiro atoms. The summed E-state index contributed by atoms with van der Waals surface area (Å²) in [6.45, 7) is 3.96. The molecule has 158 valence electrons. The molecule has 2 heterocycles. The first-order chi connectivity index (χ1) is 15.1. The van der Waals surface area contributed by atoms with Crippen molar-refractivity contribution in [3.05, 3.63) is 66.0 Å². The van der Waals surface area contributed by atoms with Crippen LogP contribution in [-0.2, 0) is 0 Å². The fourth-order valence-electron chi connectivity index (χ4n) is 3.34. The molecule has 0 radical (unpaired) electrons. The molecule has 0 fully saturated rings. The molecule has 31 heavy (non-hydrogen) atoms. The van der Waals surface area contributed by atoms with Gasteiger partial charge in [0.05, 0.1) is 25.3 Å². The van der Waals surface area contributed by atoms with Crippen molar-refractivity contribution in [3.8, 4) is 21.9 Å². The van der Waals surface area contributed by atoms with Gasteiger partial charge in [0, 0.05) is 10.4 Å². The lowest BCUT2D eigenvalue weighted by Crippen LogP contribution is -2.05. The van der Waals surface area contributed by atoms with Gasteiger partial charge in [-0.3, -0.25) is 5.43 Å². The van der Waals surface area contributed by atoms with E-state index in [2.05, 4.69) is 45.6 Å². The van der Waals surface area contributed by atoms with E-state index in [-0.39, 0.29) is 0 Å². The number of methoxy groups -OCH3 is 2. The molecule has 6 nitrogen and oxygen atoms in total. The predicted octanol–water partition coefficient (Wildman–Crippen LogP) is 5.91. The van der Waals surface area contributed by atoms with Crippen LogP contribution < -0.4 is 14.9 Å². The van der Waals surface area contributed by atoms with Crippen LogP contribution in [0.4, 0.5) is 5.82 Å². The molecule has 4 aromatic rings. The second-order valence-electron chi connectivity index (χ2n) is 6.91. The maximum absolute atomic E-state index is 5.43. The van der Waals surface area contributed by atoms with Gasteiger partial charge >= 0.3 is 0 Å². The molecule has 0 atom stereocenters. The van der Waals surface area contributed by atoms with Crippen molar-refractivity contribution in [3.63, 3.8) is 0 Å². The summed E-state index contributed by atoms with van der Waals surface area (Å²) < 4.78 is 10.8. The number of rotatable bonds is 7. The third-order valence-corrected chi connectivity index (χ3v) is 5.99. The molecule has 0 saturated heterocycles. The van der Waals surface area contributed by atoms with Crippen LogP contribution in [0.5, 0.6) is 11.5 Å². The van der Waals surface area contributed by atoms with Crippen LogP contribution in [-0.4, -0.2) is 29.9 Å². The van der Waals surface area contributed by atoms with Crippen LogP contribution in [0.3, 0.4) is 0 Å². The Morgan fingerprint density at radius 2 is 1.77 bits per heavy atom. The van der Waals surface area contributed by atoms with Crippen LogP contribution >= 0.6 is 11.3 Å². The van der Waals surface area contributed by atoms with Crippen molar-refractivity contribution in [2.45, 2.75) is 20.3 Å². The van der Waals surface area contributed by atoms with Crippen molar-refractivity contribution in [2.75, 3.05) is 19.6 Å². The molecule has 0 amide bonds. The highest BCUT2D eigenvalue weighted by molar-refractivity contribution is 7.21. The minimum Gasteiger partial charge on any atom is -0.493 e. The van der Waals surface area contributed by atoms with E-state index in [1.54, 1.807) is 25.6 Å². The summed E-state index contributed by atoms with van der Waals surface area (Å²) in [7, 11) is 3.26. The van der Waals surface area contributed by atoms with Crippen LogP contribution in [0, 0.1) is 6.92 Å². The number of nitrogens with zero attached hydrogens (tertiary/aromatic N) is 3. The molecule has 0 aliphatic heterocycles. The summed E-state index contributed by atoms with van der Waals surface area (Å²) in [5.41, 5.74) is 6.20. The van der Waals surface area contributed by atoms with E-state index in [1.807, 2.05) is 43.3 Å². The number of aromatic nitrogens is 2. The summed E-state index contributed by atoms with van der Waals surface area (Å²) in [5, 5.41) is 5.63. The normalized spacial score (nSPS) is 11.5. The highest BCUT2D eigenvalue weighted by Gasteiger charge is 2.13. The zero-order chi connectivity index (χ0) is 21.8. The molecule has 7 heteroatoms. The maximum Gasteiger partial charge on any atom is 0.161 e. The van der Waals surface area contributed by atoms with Gasteiger partial charge in [0.1, 0.15) is 10.7 Å². The Kier molecular flexibility index (Phi) is 6.13. The molecule has 0 aliphatic carbocycles. The van der Waals surface area contributed by atoms with Crippen molar-refractivity contribution >= 4 is 33.1 Å². The van der Waals surface area contributed by atoms with Crippen LogP contribution in [0.2, 0.25) is 0 Å². The van der Waals surface area contributed by atoms with Crippen LogP contribution in [0.1, 0.15) is 24.7 Å². The lowest BCUT2D eigenvalue weighted by molar-refractivity contribution is 0.355. The van der Waals surface area contributed by atoms with Crippen molar-refractivity contribution in [2.24, 2.45) is 5.10 Å². The molecule has 2 aromatic heterocycles. The summed E-state index contributed by atoms with van der Waals surface area (Å²) in [6, 6.07) is 18.2. The second-order valence-corrected chi connectivity index (χ2v) is 7.94. The molecule has 0 unspecified atom stereocenters. The molecular weight excluding hydrogens is 408 g/mol. The molecule has 4 rings (SSSR count). The minimum absolute atomic E-state index is 0.673. The summed E-state index contributed by atoms with van der Waals surface area (Å²) in [6.07, 6.45) is 0.745. The van der Waals surface area contributed by atoms with Gasteiger partial charge in [0.25, 0.3) is 0 Å². The highest BCUT2D eigenvalue weighted by Crippen LogP contribution is 2.35. The van der Waals surface area contributed by atoms with E-state index in [0.717, 1.165) is 38.4 Å². The zero-order valence-corrected chi connectivity index (χ0v) is 18.8. The van der Waals surface area contributed by atoms with Crippen LogP contribution in [0.15, 0.2) is 59.7 Å². The van der Waals surface area contributed by atoms with Gasteiger partial charge in [-0.05, 0) is 43.2 Å². The number of hydrogen-bond acceptors (Lipinski definition) is 7. The summed E-state index contributed by atoms with van der Waals surface area (Å²) in [5.74, 6) is 2.77. The highest BCUT2D eigenvalue weighted by atomic mass is 32.1. The fraction of sp³-hybridized carbons (Fsp3) is 0.208. The van der Waals surface area contributed by atoms with Gasteiger partial charge < -0.3 is 9.47 Å². The predicted molar refractivity (Wildman–Crippen MR) is 128 cm³/mol. The third kappa shape index (κ3) is 4.36. The monoisotopic (exact) mass is 432 g/mol. The number of anilines is 1. The lowest BCUT2D eigenvalue weighted by Gasteiger charge is -2.11. The smallest absolute Gasteiger partial charge is 0.161 e. The van der Waals surface area contributed by atoms with Gasteiger partial charge in [-0.25, -0.2) is 9.97 Å². The quantitative estimate of drug-likeness (QED) is 0.290. The molecule has 1 N–H and O–H groups in total. The number of fused-ring (bicyclic) bond motifs is 1. The third-order valence-electron chi connectivity index (χ3n) is 4.91. The largest absolute Gasteiger partial charge is 0.493 e. The van der Waals surface area contributed by atoms with E-state index in [1.165, 1.54) is 0 Å². The average molecular weight is 433 g/mol. The molecule has 0 saturated carbocycles. The Balaban J connectivity index is 1.70. The summed E-state index contributed by atoms with van der Waals surface area (Å²) in [4.78, 5) is 11.3. The molecule has 0 bridgehead atoms. The van der Waals surface area contributed by atoms with E-state index in [9.17, 15) is 0 Å². The SMILES string of the molecule is CC/C(=N\Nc1nc(C)nc2sc(-c3ccccc3)cc12)c1ccc(OC)c(OC)c1. The number of benzene rings is 2. The topological polar surface area (TPSA) is 68.6 Å². The average Bonchev–Trinajstić information content (AvgIpc) is 3.24. The zero-order valence-electron chi connectivity index (χ0n) is 18.0. The molecular formula is C24H24N4O2S. The van der Waals surface area contributed by atoms with Crippen LogP contribution in [0.25, 0.3) is 20.7 Å². The minimum atomic E-state index is 0.673. The first-order valence-electron chi connectivity index (χ1n) is 10.0. The molecule has 0 aliphatic rings. The Hall–Kier alpha value is -3.45. The van der Waals surface area contributed by atoms with Crippen molar-refractivity contribution in [1.82, 2.24) is 9.97 Å². The number of hydrazone groups is 1. The van der Waals surface area contributed by atoms with Crippen molar-refractivity contribution in [1.29, 1.82) is 0 Å². The van der Waals surface area contributed by atoms with E-state index in [4.69, 9.17) is 9.47 Å². The Morgan fingerprint density at radius 3 is 2.48 bits per heavy atom. The first kappa shape index (κ1) is 20.8. The van der Waals surface area contributed by atoms with Gasteiger partial charge in [-0.1, -0.05) is 37.3 Å². The number of nitrogens with one attached hydrogen (secondary N) is 1. The Bertz CT molecular complexity index is 1240. The standard InChI is InChI=1S/C24H24N4O2S/c1-5-19(17-11-12-20(29-3)21(13-17)30-4)27-28-23-18-14-22(16-9-7-6-8-10-16)31-24(18)26-15(2)25-23/h6-14H,5H2,1-4H3,(H,25,26,28)/b27-19+. The van der Waals surface area contributed by atoms with Gasteiger partial charge in [0.2, 0.25) is 0 Å². The Labute approximate surface area is 185 Å². The van der Waals surface area contributed by atoms with Crippen molar-refractivity contribution < 1.29 is 9.47 Å². The van der Waals surface area contributed by atoms with E-state index >= 15 is 0 Å². The van der Waals surface area contributed by atoms with E-state index in [0.29, 0.717) is 23.1 Å². The molecule has 2 aromatic carbocycles. The first-order valence-corrected chi connectivity index (χ1v) is 10.8. The number of thiophene rings is 1. The van der Waals surface area contributed by atoms with Gasteiger partial charge in [-0.15, -0.1) is 11.3 Å².